The van der Waals surface area contributed by atoms with Crippen LogP contribution >= 0.6 is 0 Å². The Hall–Kier alpha value is -0.530. The normalized spacial score (nSPS) is 45.5. The monoisotopic (exact) mass is 196 g/mol. The van der Waals surface area contributed by atoms with Crippen LogP contribution in [0.1, 0.15) is 46.0 Å². The molecule has 80 valence electrons. The van der Waals surface area contributed by atoms with Gasteiger partial charge in [0, 0.05) is 0 Å². The molecular formula is C12H20O2. The van der Waals surface area contributed by atoms with Crippen LogP contribution in [-0.2, 0) is 9.53 Å². The molecule has 2 aliphatic carbocycles. The molecule has 2 rings (SSSR count). The quantitative estimate of drug-likeness (QED) is 0.635. The summed E-state index contributed by atoms with van der Waals surface area (Å²) in [5, 5.41) is 0. The van der Waals surface area contributed by atoms with Gasteiger partial charge in [0.05, 0.1) is 13.5 Å². The minimum Gasteiger partial charge on any atom is -0.469 e. The van der Waals surface area contributed by atoms with Gasteiger partial charge in [0.25, 0.3) is 0 Å². The van der Waals surface area contributed by atoms with Gasteiger partial charge >= 0.3 is 5.97 Å². The summed E-state index contributed by atoms with van der Waals surface area (Å²) in [5.74, 6) is 0.721. The Morgan fingerprint density at radius 1 is 1.36 bits per heavy atom. The zero-order valence-corrected chi connectivity index (χ0v) is 9.43. The number of fused-ring (bicyclic) bond motifs is 2. The van der Waals surface area contributed by atoms with Crippen molar-refractivity contribution < 1.29 is 9.53 Å². The zero-order chi connectivity index (χ0) is 10.4. The molecule has 0 heterocycles. The van der Waals surface area contributed by atoms with Gasteiger partial charge in [0.1, 0.15) is 0 Å². The lowest BCUT2D eigenvalue weighted by Gasteiger charge is -2.37. The number of carbonyl (C=O) groups is 1. The Labute approximate surface area is 86.0 Å². The van der Waals surface area contributed by atoms with Gasteiger partial charge in [0.15, 0.2) is 0 Å². The second-order valence-corrected chi connectivity index (χ2v) is 5.51. The summed E-state index contributed by atoms with van der Waals surface area (Å²) in [5.41, 5.74) is 0.603. The Morgan fingerprint density at radius 2 is 1.93 bits per heavy atom. The molecule has 0 radical (unpaired) electrons. The second kappa shape index (κ2) is 2.98. The highest BCUT2D eigenvalue weighted by molar-refractivity contribution is 5.70. The number of methoxy groups -OCH3 is 1. The molecule has 14 heavy (non-hydrogen) atoms. The highest BCUT2D eigenvalue weighted by atomic mass is 16.5. The molecule has 2 saturated carbocycles. The Bertz CT molecular complexity index is 251. The maximum absolute atomic E-state index is 11.4. The van der Waals surface area contributed by atoms with E-state index in [1.165, 1.54) is 32.8 Å². The van der Waals surface area contributed by atoms with Crippen molar-refractivity contribution >= 4 is 5.97 Å². The smallest absolute Gasteiger partial charge is 0.306 e. The van der Waals surface area contributed by atoms with Gasteiger partial charge in [-0.25, -0.2) is 0 Å². The van der Waals surface area contributed by atoms with Crippen LogP contribution in [0.3, 0.4) is 0 Å². The molecular weight excluding hydrogens is 176 g/mol. The Balaban J connectivity index is 2.19. The van der Waals surface area contributed by atoms with Crippen LogP contribution in [-0.4, -0.2) is 13.1 Å². The first-order chi connectivity index (χ1) is 6.52. The van der Waals surface area contributed by atoms with Crippen molar-refractivity contribution in [1.29, 1.82) is 0 Å². The minimum atomic E-state index is -0.0347. The van der Waals surface area contributed by atoms with E-state index >= 15 is 0 Å². The molecule has 0 amide bonds. The Kier molecular flexibility index (Phi) is 2.13. The first-order valence-electron chi connectivity index (χ1n) is 5.59. The van der Waals surface area contributed by atoms with Crippen molar-refractivity contribution in [3.63, 3.8) is 0 Å². The molecule has 0 N–H and O–H groups in total. The molecule has 0 aromatic rings. The molecule has 2 aliphatic rings. The maximum Gasteiger partial charge on any atom is 0.306 e. The van der Waals surface area contributed by atoms with E-state index in [2.05, 4.69) is 13.8 Å². The number of esters is 1. The predicted octanol–water partition coefficient (Wildman–Crippen LogP) is 2.77. The molecule has 2 heteroatoms. The van der Waals surface area contributed by atoms with Crippen LogP contribution in [0.25, 0.3) is 0 Å². The lowest BCUT2D eigenvalue weighted by Crippen LogP contribution is -2.33. The van der Waals surface area contributed by atoms with Gasteiger partial charge in [-0.3, -0.25) is 4.79 Å². The fourth-order valence-corrected chi connectivity index (χ4v) is 3.69. The summed E-state index contributed by atoms with van der Waals surface area (Å²) in [6, 6.07) is 0. The van der Waals surface area contributed by atoms with E-state index in [4.69, 9.17) is 4.74 Å². The minimum absolute atomic E-state index is 0.0347. The molecule has 2 bridgehead atoms. The number of ether oxygens (including phenoxy) is 1. The van der Waals surface area contributed by atoms with Crippen LogP contribution < -0.4 is 0 Å². The zero-order valence-electron chi connectivity index (χ0n) is 9.43. The van der Waals surface area contributed by atoms with E-state index in [0.717, 1.165) is 5.92 Å². The Morgan fingerprint density at radius 3 is 2.29 bits per heavy atom. The van der Waals surface area contributed by atoms with Crippen LogP contribution in [0.5, 0.6) is 0 Å². The van der Waals surface area contributed by atoms with Crippen LogP contribution in [0, 0.1) is 16.7 Å². The molecule has 0 spiro atoms. The van der Waals surface area contributed by atoms with Crippen LogP contribution in [0.2, 0.25) is 0 Å². The van der Waals surface area contributed by atoms with E-state index in [1.54, 1.807) is 0 Å². The fraction of sp³-hybridized carbons (Fsp3) is 0.917. The van der Waals surface area contributed by atoms with Gasteiger partial charge in [-0.05, 0) is 42.4 Å². The molecule has 0 aromatic carbocycles. The van der Waals surface area contributed by atoms with E-state index in [0.29, 0.717) is 11.8 Å². The van der Waals surface area contributed by atoms with Gasteiger partial charge < -0.3 is 4.74 Å². The van der Waals surface area contributed by atoms with E-state index in [-0.39, 0.29) is 11.4 Å². The van der Waals surface area contributed by atoms with E-state index in [1.807, 2.05) is 0 Å². The summed E-state index contributed by atoms with van der Waals surface area (Å²) in [7, 11) is 1.49. The van der Waals surface area contributed by atoms with Gasteiger partial charge in [-0.1, -0.05) is 13.8 Å². The van der Waals surface area contributed by atoms with Crippen LogP contribution in [0.15, 0.2) is 0 Å². The van der Waals surface area contributed by atoms with Gasteiger partial charge in [0.2, 0.25) is 0 Å². The first kappa shape index (κ1) is 10.0. The van der Waals surface area contributed by atoms with Crippen molar-refractivity contribution in [1.82, 2.24) is 0 Å². The fourth-order valence-electron chi connectivity index (χ4n) is 3.69. The first-order valence-corrected chi connectivity index (χ1v) is 5.59. The SMILES string of the molecule is COC(=O)CC1(C)C2CCC1(C)CC2. The third-order valence-corrected chi connectivity index (χ3v) is 5.11. The van der Waals surface area contributed by atoms with E-state index in [9.17, 15) is 4.79 Å². The second-order valence-electron chi connectivity index (χ2n) is 5.51. The number of hydrogen-bond donors (Lipinski definition) is 0. The molecule has 1 unspecified atom stereocenters. The van der Waals surface area contributed by atoms with Crippen molar-refractivity contribution in [3.8, 4) is 0 Å². The van der Waals surface area contributed by atoms with Crippen molar-refractivity contribution in [2.45, 2.75) is 46.0 Å². The number of hydrogen-bond acceptors (Lipinski definition) is 2. The third kappa shape index (κ3) is 1.12. The van der Waals surface area contributed by atoms with Crippen molar-refractivity contribution in [3.05, 3.63) is 0 Å². The largest absolute Gasteiger partial charge is 0.469 e. The maximum atomic E-state index is 11.4. The number of rotatable bonds is 2. The predicted molar refractivity (Wildman–Crippen MR) is 54.8 cm³/mol. The number of carbonyl (C=O) groups excluding carboxylic acids is 1. The van der Waals surface area contributed by atoms with E-state index < -0.39 is 0 Å². The van der Waals surface area contributed by atoms with Crippen molar-refractivity contribution in [2.24, 2.45) is 16.7 Å². The molecule has 0 saturated heterocycles. The van der Waals surface area contributed by atoms with Gasteiger partial charge in [-0.2, -0.15) is 0 Å². The molecule has 0 aliphatic heterocycles. The molecule has 2 fully saturated rings. The van der Waals surface area contributed by atoms with Gasteiger partial charge in [-0.15, -0.1) is 0 Å². The average Bonchev–Trinajstić information content (AvgIpc) is 2.52. The topological polar surface area (TPSA) is 26.3 Å². The molecule has 1 atom stereocenters. The summed E-state index contributed by atoms with van der Waals surface area (Å²) in [6.45, 7) is 4.64. The summed E-state index contributed by atoms with van der Waals surface area (Å²) >= 11 is 0. The highest BCUT2D eigenvalue weighted by Crippen LogP contribution is 2.67. The highest BCUT2D eigenvalue weighted by Gasteiger charge is 2.59. The molecule has 0 aromatic heterocycles. The summed E-state index contributed by atoms with van der Waals surface area (Å²) in [4.78, 5) is 11.4. The lowest BCUT2D eigenvalue weighted by molar-refractivity contribution is -0.145. The lowest BCUT2D eigenvalue weighted by atomic mass is 9.67. The van der Waals surface area contributed by atoms with Crippen LogP contribution in [0.4, 0.5) is 0 Å². The average molecular weight is 196 g/mol. The summed E-state index contributed by atoms with van der Waals surface area (Å²) < 4.78 is 4.81. The summed E-state index contributed by atoms with van der Waals surface area (Å²) in [6.07, 6.45) is 5.83. The van der Waals surface area contributed by atoms with Crippen molar-refractivity contribution in [2.75, 3.05) is 7.11 Å². The molecule has 2 nitrogen and oxygen atoms in total. The third-order valence-electron chi connectivity index (χ3n) is 5.11. The standard InChI is InChI=1S/C12H20O2/c1-11-6-4-9(5-7-11)12(11,2)8-10(13)14-3/h9H,4-8H2,1-3H3.